The van der Waals surface area contributed by atoms with Gasteiger partial charge >= 0.3 is 5.91 Å². The summed E-state index contributed by atoms with van der Waals surface area (Å²) in [7, 11) is 0. The first kappa shape index (κ1) is 22.3. The number of hydrogen-bond acceptors (Lipinski definition) is 7. The number of Topliss-reactive ketones (excluding diaryl/α,β-unsaturated/α-hetero) is 1. The molecule has 2 atom stereocenters. The molecule has 0 bridgehead atoms. The Hall–Kier alpha value is -4.17. The quantitative estimate of drug-likeness (QED) is 0.227. The summed E-state index contributed by atoms with van der Waals surface area (Å²) in [6, 6.07) is 16.4. The van der Waals surface area contributed by atoms with E-state index in [1.165, 1.54) is 28.4 Å². The van der Waals surface area contributed by atoms with E-state index < -0.39 is 17.7 Å². The minimum Gasteiger partial charge on any atom is -0.508 e. The van der Waals surface area contributed by atoms with Crippen LogP contribution in [0.2, 0.25) is 0 Å². The second-order valence-electron chi connectivity index (χ2n) is 9.18. The molecule has 7 nitrogen and oxygen atoms in total. The van der Waals surface area contributed by atoms with Gasteiger partial charge in [-0.25, -0.2) is 4.98 Å². The van der Waals surface area contributed by atoms with Crippen LogP contribution in [-0.4, -0.2) is 33.0 Å². The molecule has 1 fully saturated rings. The summed E-state index contributed by atoms with van der Waals surface area (Å²) in [4.78, 5) is 32.8. The van der Waals surface area contributed by atoms with Crippen LogP contribution in [0, 0.1) is 6.92 Å². The molecule has 1 amide bonds. The van der Waals surface area contributed by atoms with Crippen LogP contribution in [0.4, 0.5) is 5.13 Å². The molecule has 2 aliphatic heterocycles. The predicted molar refractivity (Wildman–Crippen MR) is 137 cm³/mol. The number of aliphatic hydroxyl groups excluding tert-OH is 1. The molecule has 8 heteroatoms. The van der Waals surface area contributed by atoms with E-state index in [1.807, 2.05) is 32.0 Å². The van der Waals surface area contributed by atoms with Gasteiger partial charge in [0.1, 0.15) is 23.4 Å². The molecule has 6 rings (SSSR count). The summed E-state index contributed by atoms with van der Waals surface area (Å²) >= 11 is 1.31. The third kappa shape index (κ3) is 3.53. The van der Waals surface area contributed by atoms with E-state index in [0.717, 1.165) is 27.1 Å². The van der Waals surface area contributed by atoms with Crippen molar-refractivity contribution in [3.8, 4) is 11.5 Å². The first-order valence-electron chi connectivity index (χ1n) is 11.6. The molecule has 36 heavy (non-hydrogen) atoms. The van der Waals surface area contributed by atoms with E-state index in [-0.39, 0.29) is 23.2 Å². The summed E-state index contributed by atoms with van der Waals surface area (Å²) in [5.74, 6) is -0.999. The number of hydrogen-bond donors (Lipinski definition) is 2. The van der Waals surface area contributed by atoms with E-state index in [0.29, 0.717) is 22.7 Å². The molecule has 2 aliphatic rings. The number of aryl methyl sites for hydroxylation is 1. The van der Waals surface area contributed by atoms with Crippen LogP contribution in [0.1, 0.15) is 35.2 Å². The van der Waals surface area contributed by atoms with Gasteiger partial charge in [-0.3, -0.25) is 14.5 Å². The van der Waals surface area contributed by atoms with Crippen LogP contribution < -0.4 is 9.64 Å². The van der Waals surface area contributed by atoms with Crippen molar-refractivity contribution in [2.45, 2.75) is 32.4 Å². The zero-order valence-corrected chi connectivity index (χ0v) is 20.4. The topological polar surface area (TPSA) is 100.0 Å². The maximum atomic E-state index is 13.4. The van der Waals surface area contributed by atoms with Gasteiger partial charge in [-0.1, -0.05) is 29.5 Å². The van der Waals surface area contributed by atoms with Crippen LogP contribution in [0.3, 0.4) is 0 Å². The highest BCUT2D eigenvalue weighted by molar-refractivity contribution is 7.22. The Morgan fingerprint density at radius 2 is 1.86 bits per heavy atom. The van der Waals surface area contributed by atoms with Crippen molar-refractivity contribution in [1.29, 1.82) is 0 Å². The number of ketones is 1. The number of nitrogens with zero attached hydrogens (tertiary/aromatic N) is 2. The van der Waals surface area contributed by atoms with E-state index in [9.17, 15) is 19.8 Å². The number of rotatable bonds is 3. The smallest absolute Gasteiger partial charge is 0.301 e. The highest BCUT2D eigenvalue weighted by Gasteiger charge is 2.48. The van der Waals surface area contributed by atoms with Crippen molar-refractivity contribution in [2.75, 3.05) is 4.90 Å². The lowest BCUT2D eigenvalue weighted by molar-refractivity contribution is -0.132. The molecular weight excluding hydrogens is 476 g/mol. The van der Waals surface area contributed by atoms with Crippen molar-refractivity contribution in [3.63, 3.8) is 0 Å². The number of amides is 1. The number of fused-ring (bicyclic) bond motifs is 2. The van der Waals surface area contributed by atoms with Gasteiger partial charge < -0.3 is 14.9 Å². The maximum Gasteiger partial charge on any atom is 0.301 e. The fourth-order valence-corrected chi connectivity index (χ4v) is 5.94. The average Bonchev–Trinajstić information content (AvgIpc) is 3.51. The molecule has 0 spiro atoms. The molecule has 2 unspecified atom stereocenters. The summed E-state index contributed by atoms with van der Waals surface area (Å²) in [5.41, 5.74) is 3.70. The molecule has 0 radical (unpaired) electrons. The standard InChI is InChI=1S/C28H22N2O5S/c1-14-3-9-20-22(11-14)36-28(29-20)30-24(16-4-7-19(31)8-5-16)23(26(33)27(30)34)25(32)17-6-10-21-18(13-17)12-15(2)35-21/h3-11,13,15,24,31-32H,12H2,1-2H3/b25-23+. The Labute approximate surface area is 210 Å². The average molecular weight is 499 g/mol. The Bertz CT molecular complexity index is 1590. The van der Waals surface area contributed by atoms with Crippen LogP contribution in [0.5, 0.6) is 11.5 Å². The molecule has 3 aromatic carbocycles. The van der Waals surface area contributed by atoms with Crippen molar-refractivity contribution in [2.24, 2.45) is 0 Å². The second kappa shape index (κ2) is 8.20. The molecule has 2 N–H and O–H groups in total. The lowest BCUT2D eigenvalue weighted by Crippen LogP contribution is -2.29. The molecule has 1 saturated heterocycles. The van der Waals surface area contributed by atoms with Gasteiger partial charge in [0.2, 0.25) is 0 Å². The normalized spacial score (nSPS) is 20.7. The Morgan fingerprint density at radius 3 is 2.64 bits per heavy atom. The predicted octanol–water partition coefficient (Wildman–Crippen LogP) is 5.26. The van der Waals surface area contributed by atoms with Crippen molar-refractivity contribution in [1.82, 2.24) is 4.98 Å². The van der Waals surface area contributed by atoms with Crippen LogP contribution in [-0.2, 0) is 16.0 Å². The second-order valence-corrected chi connectivity index (χ2v) is 10.2. The number of carbonyl (C=O) groups is 2. The van der Waals surface area contributed by atoms with Gasteiger partial charge in [0.25, 0.3) is 5.78 Å². The van der Waals surface area contributed by atoms with Gasteiger partial charge in [0.15, 0.2) is 5.13 Å². The number of benzene rings is 3. The molecule has 0 aliphatic carbocycles. The number of aliphatic hydroxyl groups is 1. The van der Waals surface area contributed by atoms with E-state index in [2.05, 4.69) is 4.98 Å². The van der Waals surface area contributed by atoms with Gasteiger partial charge in [0, 0.05) is 12.0 Å². The Balaban J connectivity index is 1.53. The van der Waals surface area contributed by atoms with Gasteiger partial charge in [-0.2, -0.15) is 0 Å². The van der Waals surface area contributed by atoms with Gasteiger partial charge in [0.05, 0.1) is 21.8 Å². The van der Waals surface area contributed by atoms with E-state index in [1.54, 1.807) is 30.3 Å². The lowest BCUT2D eigenvalue weighted by Gasteiger charge is -2.23. The molecule has 1 aromatic heterocycles. The molecule has 180 valence electrons. The molecular formula is C28H22N2O5S. The highest BCUT2D eigenvalue weighted by atomic mass is 32.1. The minimum absolute atomic E-state index is 0.0203. The zero-order valence-electron chi connectivity index (χ0n) is 19.6. The summed E-state index contributed by atoms with van der Waals surface area (Å²) in [5, 5.41) is 21.6. The third-order valence-electron chi connectivity index (χ3n) is 6.56. The van der Waals surface area contributed by atoms with E-state index >= 15 is 0 Å². The number of phenols is 1. The summed E-state index contributed by atoms with van der Waals surface area (Å²) in [6.45, 7) is 3.94. The fourth-order valence-electron chi connectivity index (χ4n) is 4.85. The van der Waals surface area contributed by atoms with Crippen molar-refractivity contribution in [3.05, 3.63) is 88.5 Å². The van der Waals surface area contributed by atoms with Crippen LogP contribution in [0.15, 0.2) is 66.2 Å². The number of ether oxygens (including phenoxy) is 1. The van der Waals surface area contributed by atoms with Crippen molar-refractivity contribution >= 4 is 44.1 Å². The highest BCUT2D eigenvalue weighted by Crippen LogP contribution is 2.45. The Kier molecular flexibility index (Phi) is 5.08. The molecule has 0 saturated carbocycles. The van der Waals surface area contributed by atoms with Crippen LogP contribution in [0.25, 0.3) is 16.0 Å². The van der Waals surface area contributed by atoms with Gasteiger partial charge in [-0.15, -0.1) is 0 Å². The van der Waals surface area contributed by atoms with Crippen molar-refractivity contribution < 1.29 is 24.5 Å². The number of carbonyl (C=O) groups excluding carboxylic acids is 2. The third-order valence-corrected chi connectivity index (χ3v) is 7.58. The summed E-state index contributed by atoms with van der Waals surface area (Å²) < 4.78 is 6.65. The fraction of sp³-hybridized carbons (Fsp3) is 0.179. The first-order valence-corrected chi connectivity index (χ1v) is 12.4. The minimum atomic E-state index is -0.907. The number of thiazole rings is 1. The van der Waals surface area contributed by atoms with E-state index in [4.69, 9.17) is 4.74 Å². The largest absolute Gasteiger partial charge is 0.508 e. The van der Waals surface area contributed by atoms with Gasteiger partial charge in [-0.05, 0) is 73.0 Å². The Morgan fingerprint density at radius 1 is 1.08 bits per heavy atom. The molecule has 3 heterocycles. The number of aromatic hydroxyl groups is 1. The monoisotopic (exact) mass is 498 g/mol. The summed E-state index contributed by atoms with van der Waals surface area (Å²) in [6.07, 6.45) is 0.722. The van der Waals surface area contributed by atoms with Crippen LogP contribution >= 0.6 is 11.3 Å². The maximum absolute atomic E-state index is 13.4. The first-order chi connectivity index (χ1) is 17.3. The SMILES string of the molecule is Cc1ccc2nc(N3C(=O)C(=O)/C(=C(/O)c4ccc5c(c4)CC(C)O5)C3c3ccc(O)cc3)sc2c1. The molecule has 4 aromatic rings. The number of anilines is 1. The zero-order chi connectivity index (χ0) is 25.1. The lowest BCUT2D eigenvalue weighted by atomic mass is 9.94. The number of phenolic OH excluding ortho intramolecular Hbond substituents is 1. The number of aromatic nitrogens is 1.